The predicted octanol–water partition coefficient (Wildman–Crippen LogP) is 3.73. The van der Waals surface area contributed by atoms with Crippen LogP contribution >= 0.6 is 11.3 Å². The van der Waals surface area contributed by atoms with Gasteiger partial charge in [-0.25, -0.2) is 4.98 Å². The number of rotatable bonds is 6. The van der Waals surface area contributed by atoms with Crippen molar-refractivity contribution in [1.29, 1.82) is 0 Å². The summed E-state index contributed by atoms with van der Waals surface area (Å²) in [4.78, 5) is 5.84. The van der Waals surface area contributed by atoms with Gasteiger partial charge in [-0.15, -0.1) is 11.3 Å². The highest BCUT2D eigenvalue weighted by atomic mass is 32.2. The van der Waals surface area contributed by atoms with Gasteiger partial charge in [0.05, 0.1) is 36.1 Å². The number of hydrogen-bond acceptors (Lipinski definition) is 6. The van der Waals surface area contributed by atoms with Crippen molar-refractivity contribution < 1.29 is 18.1 Å². The molecular weight excluding hydrogens is 334 g/mol. The van der Waals surface area contributed by atoms with Crippen LogP contribution in [0.15, 0.2) is 51.2 Å². The zero-order valence-corrected chi connectivity index (χ0v) is 14.3. The lowest BCUT2D eigenvalue weighted by Gasteiger charge is -2.08. The number of thiophene rings is 1. The highest BCUT2D eigenvalue weighted by molar-refractivity contribution is 7.84. The van der Waals surface area contributed by atoms with Gasteiger partial charge in [-0.1, -0.05) is 6.07 Å². The van der Waals surface area contributed by atoms with Crippen molar-refractivity contribution >= 4 is 22.1 Å². The van der Waals surface area contributed by atoms with Gasteiger partial charge in [0.1, 0.15) is 5.75 Å². The highest BCUT2D eigenvalue weighted by Crippen LogP contribution is 2.30. The van der Waals surface area contributed by atoms with Crippen molar-refractivity contribution in [2.24, 2.45) is 0 Å². The van der Waals surface area contributed by atoms with E-state index in [0.29, 0.717) is 28.0 Å². The Bertz CT molecular complexity index is 811. The first kappa shape index (κ1) is 15.8. The number of nitrogens with zero attached hydrogens (tertiary/aromatic N) is 1. The maximum Gasteiger partial charge on any atom is 0.207 e. The van der Waals surface area contributed by atoms with Crippen molar-refractivity contribution in [3.05, 3.63) is 47.8 Å². The van der Waals surface area contributed by atoms with Gasteiger partial charge in [-0.3, -0.25) is 4.21 Å². The average Bonchev–Trinajstić information content (AvgIpc) is 3.25. The van der Waals surface area contributed by atoms with Gasteiger partial charge in [0.2, 0.25) is 5.89 Å². The van der Waals surface area contributed by atoms with Gasteiger partial charge in [-0.2, -0.15) is 0 Å². The van der Waals surface area contributed by atoms with Gasteiger partial charge in [0.25, 0.3) is 0 Å². The zero-order chi connectivity index (χ0) is 16.2. The van der Waals surface area contributed by atoms with Crippen LogP contribution in [0.25, 0.3) is 10.6 Å². The minimum absolute atomic E-state index is 0.209. The Morgan fingerprint density at radius 1 is 1.22 bits per heavy atom. The molecule has 1 aromatic carbocycles. The highest BCUT2D eigenvalue weighted by Gasteiger charge is 2.14. The van der Waals surface area contributed by atoms with E-state index in [1.165, 1.54) is 0 Å². The second-order valence-electron chi connectivity index (χ2n) is 4.60. The molecule has 0 aliphatic carbocycles. The molecule has 5 nitrogen and oxygen atoms in total. The fourth-order valence-corrected chi connectivity index (χ4v) is 3.72. The smallest absolute Gasteiger partial charge is 0.207 e. The monoisotopic (exact) mass is 349 g/mol. The van der Waals surface area contributed by atoms with E-state index in [0.717, 1.165) is 4.88 Å². The fourth-order valence-electron chi connectivity index (χ4n) is 2.06. The predicted molar refractivity (Wildman–Crippen MR) is 89.5 cm³/mol. The summed E-state index contributed by atoms with van der Waals surface area (Å²) in [5.74, 6) is 2.50. The minimum Gasteiger partial charge on any atom is -0.493 e. The Morgan fingerprint density at radius 2 is 2.04 bits per heavy atom. The molecule has 0 fully saturated rings. The second-order valence-corrected chi connectivity index (χ2v) is 7.00. The van der Waals surface area contributed by atoms with Crippen LogP contribution in [0.2, 0.25) is 0 Å². The molecule has 3 rings (SSSR count). The van der Waals surface area contributed by atoms with E-state index in [9.17, 15) is 4.21 Å². The number of ether oxygens (including phenoxy) is 2. The first-order valence-corrected chi connectivity index (χ1v) is 9.00. The summed E-state index contributed by atoms with van der Waals surface area (Å²) in [6, 6.07) is 9.10. The van der Waals surface area contributed by atoms with Crippen LogP contribution in [-0.2, 0) is 16.6 Å². The summed E-state index contributed by atoms with van der Waals surface area (Å²) in [7, 11) is 1.83. The lowest BCUT2D eigenvalue weighted by Crippen LogP contribution is -1.98. The van der Waals surface area contributed by atoms with Crippen molar-refractivity contribution in [1.82, 2.24) is 4.98 Å². The Hall–Kier alpha value is -2.12. The van der Waals surface area contributed by atoms with Crippen LogP contribution in [0.3, 0.4) is 0 Å². The Labute approximate surface area is 140 Å². The molecule has 0 aliphatic rings. The third-order valence-corrected chi connectivity index (χ3v) is 5.36. The topological polar surface area (TPSA) is 61.6 Å². The van der Waals surface area contributed by atoms with Gasteiger partial charge >= 0.3 is 0 Å². The van der Waals surface area contributed by atoms with Gasteiger partial charge in [0, 0.05) is 11.0 Å². The standard InChI is InChI=1S/C16H15NO4S2/c1-19-12-6-5-11(8-13(12)20-2)23(18)10-16-17-9-14(21-16)15-4-3-7-22-15/h3-9H,10H2,1-2H3/t23-/m0/s1. The van der Waals surface area contributed by atoms with E-state index in [2.05, 4.69) is 4.98 Å². The van der Waals surface area contributed by atoms with Gasteiger partial charge in [-0.05, 0) is 23.6 Å². The molecule has 120 valence electrons. The molecule has 0 unspecified atom stereocenters. The van der Waals surface area contributed by atoms with Gasteiger partial charge in [0.15, 0.2) is 17.3 Å². The first-order chi connectivity index (χ1) is 11.2. The van der Waals surface area contributed by atoms with E-state index >= 15 is 0 Å². The van der Waals surface area contributed by atoms with Crippen LogP contribution < -0.4 is 9.47 Å². The van der Waals surface area contributed by atoms with Crippen molar-refractivity contribution in [3.8, 4) is 22.1 Å². The van der Waals surface area contributed by atoms with Crippen molar-refractivity contribution in [3.63, 3.8) is 0 Å². The Balaban J connectivity index is 1.77. The number of oxazole rings is 1. The molecule has 0 amide bonds. The number of aromatic nitrogens is 1. The normalized spacial score (nSPS) is 12.1. The van der Waals surface area contributed by atoms with E-state index in [1.54, 1.807) is 50.0 Å². The van der Waals surface area contributed by atoms with Gasteiger partial charge < -0.3 is 13.9 Å². The van der Waals surface area contributed by atoms with Crippen molar-refractivity contribution in [2.75, 3.05) is 14.2 Å². The molecule has 23 heavy (non-hydrogen) atoms. The molecule has 3 aromatic rings. The SMILES string of the molecule is COc1ccc([S@@](=O)Cc2ncc(-c3cccs3)o2)cc1OC. The maximum absolute atomic E-state index is 12.5. The third kappa shape index (κ3) is 3.46. The first-order valence-electron chi connectivity index (χ1n) is 6.80. The molecule has 0 saturated heterocycles. The second kappa shape index (κ2) is 6.97. The van der Waals surface area contributed by atoms with E-state index < -0.39 is 10.8 Å². The lowest BCUT2D eigenvalue weighted by molar-refractivity contribution is 0.354. The molecule has 0 spiro atoms. The summed E-state index contributed by atoms with van der Waals surface area (Å²) in [6.07, 6.45) is 1.66. The van der Waals surface area contributed by atoms with E-state index in [1.807, 2.05) is 17.5 Å². The summed E-state index contributed by atoms with van der Waals surface area (Å²) in [5.41, 5.74) is 0. The molecule has 2 aromatic heterocycles. The molecule has 0 N–H and O–H groups in total. The van der Waals surface area contributed by atoms with Crippen LogP contribution in [0.4, 0.5) is 0 Å². The molecule has 2 heterocycles. The van der Waals surface area contributed by atoms with E-state index in [-0.39, 0.29) is 5.75 Å². The summed E-state index contributed by atoms with van der Waals surface area (Å²) in [6.45, 7) is 0. The number of benzene rings is 1. The largest absolute Gasteiger partial charge is 0.493 e. The molecule has 1 atom stereocenters. The average molecular weight is 349 g/mol. The zero-order valence-electron chi connectivity index (χ0n) is 12.6. The van der Waals surface area contributed by atoms with Crippen LogP contribution in [0.1, 0.15) is 5.89 Å². The van der Waals surface area contributed by atoms with Crippen molar-refractivity contribution in [2.45, 2.75) is 10.6 Å². The number of hydrogen-bond donors (Lipinski definition) is 0. The van der Waals surface area contributed by atoms with Crippen LogP contribution in [-0.4, -0.2) is 23.4 Å². The van der Waals surface area contributed by atoms with Crippen LogP contribution in [0, 0.1) is 0 Å². The number of methoxy groups -OCH3 is 2. The minimum atomic E-state index is -1.28. The lowest BCUT2D eigenvalue weighted by atomic mass is 10.3. The molecule has 0 aliphatic heterocycles. The molecule has 7 heteroatoms. The third-order valence-electron chi connectivity index (χ3n) is 3.19. The van der Waals surface area contributed by atoms with Crippen LogP contribution in [0.5, 0.6) is 11.5 Å². The molecule has 0 bridgehead atoms. The summed E-state index contributed by atoms with van der Waals surface area (Å²) >= 11 is 1.57. The molecule has 0 radical (unpaired) electrons. The summed E-state index contributed by atoms with van der Waals surface area (Å²) < 4.78 is 28.6. The molecule has 0 saturated carbocycles. The quantitative estimate of drug-likeness (QED) is 0.678. The summed E-state index contributed by atoms with van der Waals surface area (Å²) in [5, 5.41) is 1.97. The Kier molecular flexibility index (Phi) is 4.78. The molecular formula is C16H15NO4S2. The maximum atomic E-state index is 12.5. The fraction of sp³-hybridized carbons (Fsp3) is 0.188. The van der Waals surface area contributed by atoms with E-state index in [4.69, 9.17) is 13.9 Å². The Morgan fingerprint density at radius 3 is 2.74 bits per heavy atom.